The quantitative estimate of drug-likeness (QED) is 0.738. The van der Waals surface area contributed by atoms with Gasteiger partial charge in [-0.3, -0.25) is 4.79 Å². The maximum atomic E-state index is 12.8. The molecule has 0 aromatic carbocycles. The Morgan fingerprint density at radius 3 is 2.40 bits per heavy atom. The minimum atomic E-state index is -0.160. The first kappa shape index (κ1) is 19.9. The second-order valence-electron chi connectivity index (χ2n) is 6.08. The Hall–Kier alpha value is -1.38. The van der Waals surface area contributed by atoms with Gasteiger partial charge in [-0.05, 0) is 35.1 Å². The molecule has 2 heterocycles. The molecule has 0 radical (unpaired) electrons. The molecule has 25 heavy (non-hydrogen) atoms. The molecule has 2 N–H and O–H groups in total. The second-order valence-corrected chi connectivity index (χ2v) is 6.94. The van der Waals surface area contributed by atoms with Crippen molar-refractivity contribution in [1.82, 2.24) is 20.1 Å². The van der Waals surface area contributed by atoms with Gasteiger partial charge in [0.2, 0.25) is 5.88 Å². The fourth-order valence-electron chi connectivity index (χ4n) is 3.04. The van der Waals surface area contributed by atoms with Crippen molar-refractivity contribution in [3.8, 4) is 5.88 Å². The highest BCUT2D eigenvalue weighted by Gasteiger charge is 2.25. The molecule has 1 amide bonds. The van der Waals surface area contributed by atoms with Gasteiger partial charge in [0.25, 0.3) is 5.91 Å². The third-order valence-corrected chi connectivity index (χ3v) is 5.14. The van der Waals surface area contributed by atoms with E-state index in [4.69, 9.17) is 4.74 Å². The molecule has 0 aliphatic carbocycles. The van der Waals surface area contributed by atoms with E-state index in [1.54, 1.807) is 13.1 Å². The lowest BCUT2D eigenvalue weighted by Crippen LogP contribution is -2.46. The van der Waals surface area contributed by atoms with Gasteiger partial charge in [0.1, 0.15) is 11.4 Å². The zero-order valence-corrected chi connectivity index (χ0v) is 17.0. The molecule has 1 aromatic rings. The number of ether oxygens (including phenoxy) is 1. The molecule has 0 unspecified atom stereocenters. The fraction of sp³-hybridized carbons (Fsp3) is 0.647. The van der Waals surface area contributed by atoms with Crippen molar-refractivity contribution in [3.05, 3.63) is 16.1 Å². The van der Waals surface area contributed by atoms with Gasteiger partial charge in [0, 0.05) is 33.2 Å². The highest BCUT2D eigenvalue weighted by atomic mass is 79.9. The maximum absolute atomic E-state index is 12.8. The average Bonchev–Trinajstić information content (AvgIpc) is 2.83. The molecule has 1 fully saturated rings. The summed E-state index contributed by atoms with van der Waals surface area (Å²) in [5.74, 6) is 0.794. The summed E-state index contributed by atoms with van der Waals surface area (Å²) in [7, 11) is 3.30. The number of nitrogens with one attached hydrogen (secondary N) is 2. The standard InChI is InChI=1S/C17H28BrN5O2/c1-5-22-7-8-23(6-2)11-12(10-22)20-16(24)13-9-14(18)15(19-3)21-17(13)25-4/h9,12H,5-8,10-11H2,1-4H3,(H,19,21)(H,20,24). The van der Waals surface area contributed by atoms with Gasteiger partial charge < -0.3 is 25.2 Å². The summed E-state index contributed by atoms with van der Waals surface area (Å²) in [4.78, 5) is 21.9. The summed E-state index contributed by atoms with van der Waals surface area (Å²) in [6.45, 7) is 10.0. The third kappa shape index (κ3) is 5.05. The lowest BCUT2D eigenvalue weighted by Gasteiger charge is -2.24. The minimum Gasteiger partial charge on any atom is -0.480 e. The number of pyridine rings is 1. The summed E-state index contributed by atoms with van der Waals surface area (Å²) in [6.07, 6.45) is 0. The fourth-order valence-corrected chi connectivity index (χ4v) is 3.56. The Morgan fingerprint density at radius 2 is 1.92 bits per heavy atom. The van der Waals surface area contributed by atoms with Gasteiger partial charge in [-0.25, -0.2) is 0 Å². The summed E-state index contributed by atoms with van der Waals surface area (Å²) in [6, 6.07) is 1.82. The van der Waals surface area contributed by atoms with E-state index in [9.17, 15) is 4.79 Å². The van der Waals surface area contributed by atoms with E-state index >= 15 is 0 Å². The van der Waals surface area contributed by atoms with Crippen molar-refractivity contribution in [3.63, 3.8) is 0 Å². The van der Waals surface area contributed by atoms with Gasteiger partial charge in [-0.1, -0.05) is 13.8 Å². The van der Waals surface area contributed by atoms with Crippen molar-refractivity contribution in [2.24, 2.45) is 0 Å². The number of nitrogens with zero attached hydrogens (tertiary/aromatic N) is 3. The first-order chi connectivity index (χ1) is 12.0. The number of anilines is 1. The summed E-state index contributed by atoms with van der Waals surface area (Å²) < 4.78 is 6.04. The van der Waals surface area contributed by atoms with Crippen molar-refractivity contribution in [1.29, 1.82) is 0 Å². The van der Waals surface area contributed by atoms with Crippen LogP contribution in [0.3, 0.4) is 0 Å². The normalized spacial score (nSPS) is 17.2. The molecule has 2 rings (SSSR count). The lowest BCUT2D eigenvalue weighted by molar-refractivity contribution is 0.0919. The van der Waals surface area contributed by atoms with Crippen molar-refractivity contribution in [2.75, 3.05) is 58.7 Å². The Labute approximate surface area is 158 Å². The number of hydrogen-bond donors (Lipinski definition) is 2. The molecule has 1 saturated heterocycles. The van der Waals surface area contributed by atoms with E-state index in [1.807, 2.05) is 0 Å². The molecule has 0 saturated carbocycles. The predicted molar refractivity (Wildman–Crippen MR) is 104 cm³/mol. The highest BCUT2D eigenvalue weighted by Crippen LogP contribution is 2.27. The van der Waals surface area contributed by atoms with Crippen LogP contribution in [-0.4, -0.2) is 80.2 Å². The number of rotatable bonds is 6. The van der Waals surface area contributed by atoms with Crippen LogP contribution in [0.25, 0.3) is 0 Å². The van der Waals surface area contributed by atoms with E-state index < -0.39 is 0 Å². The predicted octanol–water partition coefficient (Wildman–Crippen LogP) is 1.65. The third-order valence-electron chi connectivity index (χ3n) is 4.54. The summed E-state index contributed by atoms with van der Waals surface area (Å²) in [5, 5.41) is 6.13. The summed E-state index contributed by atoms with van der Waals surface area (Å²) in [5.41, 5.74) is 0.434. The number of amides is 1. The Kier molecular flexibility index (Phi) is 7.46. The largest absolute Gasteiger partial charge is 0.480 e. The Morgan fingerprint density at radius 1 is 1.32 bits per heavy atom. The monoisotopic (exact) mass is 413 g/mol. The van der Waals surface area contributed by atoms with Crippen LogP contribution in [0.2, 0.25) is 0 Å². The smallest absolute Gasteiger partial charge is 0.257 e. The van der Waals surface area contributed by atoms with Crippen LogP contribution in [0.4, 0.5) is 5.82 Å². The zero-order valence-electron chi connectivity index (χ0n) is 15.4. The molecule has 1 aliphatic rings. The minimum absolute atomic E-state index is 0.0716. The lowest BCUT2D eigenvalue weighted by atomic mass is 10.2. The number of likely N-dealkylation sites (N-methyl/N-ethyl adjacent to an activating group) is 2. The van der Waals surface area contributed by atoms with Crippen LogP contribution in [-0.2, 0) is 0 Å². The SMILES string of the molecule is CCN1CCN(CC)CC(NC(=O)c2cc(Br)c(NC)nc2OC)C1. The van der Waals surface area contributed by atoms with Crippen LogP contribution < -0.4 is 15.4 Å². The van der Waals surface area contributed by atoms with E-state index in [2.05, 4.69) is 55.2 Å². The van der Waals surface area contributed by atoms with Crippen LogP contribution in [0, 0.1) is 0 Å². The van der Waals surface area contributed by atoms with E-state index in [-0.39, 0.29) is 11.9 Å². The number of carbonyl (C=O) groups excluding carboxylic acids is 1. The number of methoxy groups -OCH3 is 1. The molecule has 0 bridgehead atoms. The first-order valence-corrected chi connectivity index (χ1v) is 9.49. The van der Waals surface area contributed by atoms with Crippen LogP contribution >= 0.6 is 15.9 Å². The van der Waals surface area contributed by atoms with Gasteiger partial charge in [-0.2, -0.15) is 4.98 Å². The molecular weight excluding hydrogens is 386 g/mol. The zero-order chi connectivity index (χ0) is 18.4. The first-order valence-electron chi connectivity index (χ1n) is 8.70. The van der Waals surface area contributed by atoms with E-state index in [0.717, 1.165) is 43.7 Å². The molecule has 0 atom stereocenters. The Balaban J connectivity index is 2.18. The van der Waals surface area contributed by atoms with Crippen LogP contribution in [0.15, 0.2) is 10.5 Å². The van der Waals surface area contributed by atoms with Crippen molar-refractivity contribution < 1.29 is 9.53 Å². The number of carbonyl (C=O) groups is 1. The highest BCUT2D eigenvalue weighted by molar-refractivity contribution is 9.10. The second kappa shape index (κ2) is 9.35. The molecular formula is C17H28BrN5O2. The van der Waals surface area contributed by atoms with Gasteiger partial charge in [-0.15, -0.1) is 0 Å². The molecule has 1 aromatic heterocycles. The average molecular weight is 414 g/mol. The van der Waals surface area contributed by atoms with E-state index in [1.165, 1.54) is 7.11 Å². The van der Waals surface area contributed by atoms with Crippen molar-refractivity contribution >= 4 is 27.7 Å². The topological polar surface area (TPSA) is 69.7 Å². The molecule has 8 heteroatoms. The van der Waals surface area contributed by atoms with Crippen LogP contribution in [0.5, 0.6) is 5.88 Å². The number of aromatic nitrogens is 1. The molecule has 7 nitrogen and oxygen atoms in total. The maximum Gasteiger partial charge on any atom is 0.257 e. The molecule has 1 aliphatic heterocycles. The molecule has 0 spiro atoms. The Bertz CT molecular complexity index is 585. The van der Waals surface area contributed by atoms with E-state index in [0.29, 0.717) is 17.3 Å². The number of hydrogen-bond acceptors (Lipinski definition) is 6. The number of halogens is 1. The van der Waals surface area contributed by atoms with Gasteiger partial charge >= 0.3 is 0 Å². The molecule has 140 valence electrons. The summed E-state index contributed by atoms with van der Waals surface area (Å²) >= 11 is 3.44. The van der Waals surface area contributed by atoms with Crippen LogP contribution in [0.1, 0.15) is 24.2 Å². The van der Waals surface area contributed by atoms with Gasteiger partial charge in [0.05, 0.1) is 17.6 Å². The van der Waals surface area contributed by atoms with Gasteiger partial charge in [0.15, 0.2) is 0 Å². The van der Waals surface area contributed by atoms with Crippen molar-refractivity contribution in [2.45, 2.75) is 19.9 Å².